The van der Waals surface area contributed by atoms with Crippen LogP contribution in [0.25, 0.3) is 42.1 Å². The van der Waals surface area contributed by atoms with Gasteiger partial charge in [0.2, 0.25) is 0 Å². The van der Waals surface area contributed by atoms with Crippen LogP contribution >= 0.6 is 11.3 Å². The minimum atomic E-state index is 0.186. The van der Waals surface area contributed by atoms with Crippen LogP contribution in [0.3, 0.4) is 0 Å². The summed E-state index contributed by atoms with van der Waals surface area (Å²) in [6, 6.07) is 29.0. The lowest BCUT2D eigenvalue weighted by Crippen LogP contribution is -2.10. The van der Waals surface area contributed by atoms with Crippen molar-refractivity contribution in [3.05, 3.63) is 84.4 Å². The fraction of sp³-hybridized carbons (Fsp3) is 0.154. The van der Waals surface area contributed by atoms with Gasteiger partial charge in [0.05, 0.1) is 0 Å². The maximum atomic E-state index is 2.38. The van der Waals surface area contributed by atoms with E-state index in [1.54, 1.807) is 0 Å². The normalized spacial score (nSPS) is 12.3. The smallest absolute Gasteiger partial charge is 0.0434 e. The minimum absolute atomic E-state index is 0.186. The minimum Gasteiger partial charge on any atom is -0.135 e. The monoisotopic (exact) mass is 366 g/mol. The molecule has 4 aromatic carbocycles. The average Bonchev–Trinajstić information content (AvgIpc) is 3.14. The van der Waals surface area contributed by atoms with Gasteiger partial charge in [0.1, 0.15) is 0 Å². The first-order valence-corrected chi connectivity index (χ1v) is 10.3. The first kappa shape index (κ1) is 16.5. The Morgan fingerprint density at radius 1 is 0.593 bits per heavy atom. The third-order valence-electron chi connectivity index (χ3n) is 5.45. The van der Waals surface area contributed by atoms with Crippen molar-refractivity contribution < 1.29 is 0 Å². The van der Waals surface area contributed by atoms with Gasteiger partial charge in [0, 0.05) is 20.3 Å². The molecular weight excluding hydrogens is 344 g/mol. The molecule has 0 aliphatic carbocycles. The van der Waals surface area contributed by atoms with E-state index in [0.29, 0.717) is 0 Å². The van der Waals surface area contributed by atoms with Gasteiger partial charge in [-0.2, -0.15) is 0 Å². The van der Waals surface area contributed by atoms with E-state index in [1.165, 1.54) is 47.6 Å². The van der Waals surface area contributed by atoms with Crippen LogP contribution in [0, 0.1) is 0 Å². The Morgan fingerprint density at radius 3 is 1.70 bits per heavy atom. The summed E-state index contributed by atoms with van der Waals surface area (Å²) >= 11 is 1.91. The van der Waals surface area contributed by atoms with Crippen molar-refractivity contribution in [2.45, 2.75) is 26.2 Å². The van der Waals surface area contributed by atoms with Crippen molar-refractivity contribution in [1.29, 1.82) is 0 Å². The molecule has 0 spiro atoms. The van der Waals surface area contributed by atoms with Crippen LogP contribution in [0.1, 0.15) is 26.3 Å². The highest BCUT2D eigenvalue weighted by Crippen LogP contribution is 2.42. The van der Waals surface area contributed by atoms with Gasteiger partial charge in [0.15, 0.2) is 0 Å². The van der Waals surface area contributed by atoms with Crippen LogP contribution in [0.4, 0.5) is 0 Å². The Hall–Kier alpha value is -2.64. The van der Waals surface area contributed by atoms with E-state index < -0.39 is 0 Å². The van der Waals surface area contributed by atoms with Gasteiger partial charge in [-0.15, -0.1) is 11.3 Å². The second kappa shape index (κ2) is 5.94. The maximum absolute atomic E-state index is 2.38. The predicted molar refractivity (Wildman–Crippen MR) is 121 cm³/mol. The Kier molecular flexibility index (Phi) is 3.63. The largest absolute Gasteiger partial charge is 0.135 e. The first-order chi connectivity index (χ1) is 13.0. The summed E-state index contributed by atoms with van der Waals surface area (Å²) in [5, 5.41) is 6.75. The molecule has 0 nitrogen and oxygen atoms in total. The third kappa shape index (κ3) is 2.65. The highest BCUT2D eigenvalue weighted by atomic mass is 32.1. The summed E-state index contributed by atoms with van der Waals surface area (Å²) in [6.07, 6.45) is 0. The Bertz CT molecular complexity index is 1210. The van der Waals surface area contributed by atoms with Crippen LogP contribution in [0.2, 0.25) is 0 Å². The second-order valence-corrected chi connectivity index (χ2v) is 9.32. The molecule has 0 bridgehead atoms. The molecule has 132 valence electrons. The molecule has 0 saturated heterocycles. The lowest BCUT2D eigenvalue weighted by molar-refractivity contribution is 0.590. The second-order valence-electron chi connectivity index (χ2n) is 8.27. The molecule has 1 heteroatoms. The van der Waals surface area contributed by atoms with Crippen molar-refractivity contribution >= 4 is 43.0 Å². The molecular formula is C26H22S. The standard InChI is InChI=1S/C26H22S/c1-26(2,3)18-14-12-17(13-15-18)24-16-23-21-10-5-4-8-19(21)20-9-6-7-11-22(20)25(23)27-24/h4-16H,1-3H3. The number of benzene rings is 4. The van der Waals surface area contributed by atoms with E-state index in [9.17, 15) is 0 Å². The van der Waals surface area contributed by atoms with E-state index in [1.807, 2.05) is 11.3 Å². The van der Waals surface area contributed by atoms with Crippen molar-refractivity contribution in [2.75, 3.05) is 0 Å². The number of fused-ring (bicyclic) bond motifs is 6. The first-order valence-electron chi connectivity index (χ1n) is 9.46. The van der Waals surface area contributed by atoms with Crippen molar-refractivity contribution in [2.24, 2.45) is 0 Å². The zero-order valence-corrected chi connectivity index (χ0v) is 16.7. The Morgan fingerprint density at radius 2 is 1.11 bits per heavy atom. The molecule has 5 aromatic rings. The molecule has 0 aliphatic heterocycles. The molecule has 1 aromatic heterocycles. The summed E-state index contributed by atoms with van der Waals surface area (Å²) < 4.78 is 1.39. The van der Waals surface area contributed by atoms with E-state index in [4.69, 9.17) is 0 Å². The fourth-order valence-corrected chi connectivity index (χ4v) is 5.15. The Labute approximate surface area is 164 Å². The molecule has 1 heterocycles. The highest BCUT2D eigenvalue weighted by Gasteiger charge is 2.15. The summed E-state index contributed by atoms with van der Waals surface area (Å²) in [4.78, 5) is 1.34. The van der Waals surface area contributed by atoms with E-state index in [2.05, 4.69) is 99.6 Å². The van der Waals surface area contributed by atoms with E-state index >= 15 is 0 Å². The zero-order valence-electron chi connectivity index (χ0n) is 15.9. The summed E-state index contributed by atoms with van der Waals surface area (Å²) in [5.74, 6) is 0. The number of rotatable bonds is 1. The van der Waals surface area contributed by atoms with Crippen molar-refractivity contribution in [1.82, 2.24) is 0 Å². The van der Waals surface area contributed by atoms with Gasteiger partial charge in [-0.25, -0.2) is 0 Å². The number of thiophene rings is 1. The molecule has 0 saturated carbocycles. The molecule has 27 heavy (non-hydrogen) atoms. The molecule has 0 amide bonds. The number of hydrogen-bond acceptors (Lipinski definition) is 1. The summed E-state index contributed by atoms with van der Waals surface area (Å²) in [7, 11) is 0. The lowest BCUT2D eigenvalue weighted by atomic mass is 9.86. The number of hydrogen-bond donors (Lipinski definition) is 0. The summed E-state index contributed by atoms with van der Waals surface area (Å²) in [5.41, 5.74) is 2.87. The SMILES string of the molecule is CC(C)(C)c1ccc(-c2cc3c4ccccc4c4ccccc4c3s2)cc1. The highest BCUT2D eigenvalue weighted by molar-refractivity contribution is 7.23. The molecule has 5 rings (SSSR count). The van der Waals surface area contributed by atoms with Crippen molar-refractivity contribution in [3.8, 4) is 10.4 Å². The van der Waals surface area contributed by atoms with Crippen LogP contribution in [0.15, 0.2) is 78.9 Å². The molecule has 0 aliphatic rings. The molecule has 0 fully saturated rings. The van der Waals surface area contributed by atoms with Gasteiger partial charge >= 0.3 is 0 Å². The molecule has 0 N–H and O–H groups in total. The average molecular weight is 367 g/mol. The van der Waals surface area contributed by atoms with Crippen LogP contribution in [0.5, 0.6) is 0 Å². The summed E-state index contributed by atoms with van der Waals surface area (Å²) in [6.45, 7) is 6.79. The Balaban J connectivity index is 1.79. The van der Waals surface area contributed by atoms with Crippen LogP contribution in [-0.2, 0) is 5.41 Å². The van der Waals surface area contributed by atoms with E-state index in [-0.39, 0.29) is 5.41 Å². The molecule has 0 atom stereocenters. The van der Waals surface area contributed by atoms with Gasteiger partial charge < -0.3 is 0 Å². The molecule has 0 radical (unpaired) electrons. The quantitative estimate of drug-likeness (QED) is 0.262. The maximum Gasteiger partial charge on any atom is 0.0434 e. The fourth-order valence-electron chi connectivity index (χ4n) is 3.94. The zero-order chi connectivity index (χ0) is 18.6. The van der Waals surface area contributed by atoms with Crippen LogP contribution < -0.4 is 0 Å². The lowest BCUT2D eigenvalue weighted by Gasteiger charge is -2.18. The predicted octanol–water partition coefficient (Wildman–Crippen LogP) is 8.17. The van der Waals surface area contributed by atoms with Crippen LogP contribution in [-0.4, -0.2) is 0 Å². The third-order valence-corrected chi connectivity index (χ3v) is 6.66. The van der Waals surface area contributed by atoms with Crippen molar-refractivity contribution in [3.63, 3.8) is 0 Å². The van der Waals surface area contributed by atoms with E-state index in [0.717, 1.165) is 0 Å². The topological polar surface area (TPSA) is 0 Å². The van der Waals surface area contributed by atoms with Gasteiger partial charge in [0.25, 0.3) is 0 Å². The molecule has 0 unspecified atom stereocenters. The van der Waals surface area contributed by atoms with Gasteiger partial charge in [-0.1, -0.05) is 93.6 Å². The van der Waals surface area contributed by atoms with Gasteiger partial charge in [-0.05, 0) is 38.8 Å². The van der Waals surface area contributed by atoms with Gasteiger partial charge in [-0.3, -0.25) is 0 Å².